The van der Waals surface area contributed by atoms with E-state index in [-0.39, 0.29) is 0 Å². The van der Waals surface area contributed by atoms with Crippen molar-refractivity contribution in [1.82, 2.24) is 20.1 Å². The molecule has 4 heteroatoms. The Balaban J connectivity index is 1.78. The molecule has 2 fully saturated rings. The Hall–Kier alpha value is -0.900. The second kappa shape index (κ2) is 5.83. The van der Waals surface area contributed by atoms with E-state index in [0.717, 1.165) is 11.8 Å². The van der Waals surface area contributed by atoms with Gasteiger partial charge in [0.15, 0.2) is 0 Å². The molecule has 1 atom stereocenters. The van der Waals surface area contributed by atoms with Crippen LogP contribution < -0.4 is 5.32 Å². The highest BCUT2D eigenvalue weighted by Crippen LogP contribution is 2.40. The van der Waals surface area contributed by atoms with Gasteiger partial charge in [-0.05, 0) is 50.6 Å². The van der Waals surface area contributed by atoms with E-state index in [4.69, 9.17) is 0 Å². The van der Waals surface area contributed by atoms with Crippen LogP contribution in [0.5, 0.6) is 0 Å². The highest BCUT2D eigenvalue weighted by atomic mass is 15.2. The summed E-state index contributed by atoms with van der Waals surface area (Å²) in [6.45, 7) is 2.35. The van der Waals surface area contributed by atoms with Crippen LogP contribution in [-0.4, -0.2) is 27.9 Å². The van der Waals surface area contributed by atoms with E-state index in [9.17, 15) is 0 Å². The summed E-state index contributed by atoms with van der Waals surface area (Å²) in [6, 6.07) is 0.641. The van der Waals surface area contributed by atoms with Crippen molar-refractivity contribution in [3.63, 3.8) is 0 Å². The molecule has 18 heavy (non-hydrogen) atoms. The van der Waals surface area contributed by atoms with E-state index in [0.29, 0.717) is 6.04 Å². The summed E-state index contributed by atoms with van der Waals surface area (Å²) in [4.78, 5) is 0. The van der Waals surface area contributed by atoms with Gasteiger partial charge in [-0.3, -0.25) is 0 Å². The van der Waals surface area contributed by atoms with E-state index in [1.54, 1.807) is 0 Å². The summed E-state index contributed by atoms with van der Waals surface area (Å²) in [5, 5.41) is 11.5. The van der Waals surface area contributed by atoms with Gasteiger partial charge in [0.05, 0.1) is 0 Å². The van der Waals surface area contributed by atoms with Gasteiger partial charge in [-0.15, -0.1) is 10.2 Å². The number of piperidine rings is 1. The summed E-state index contributed by atoms with van der Waals surface area (Å²) in [6.07, 6.45) is 13.5. The van der Waals surface area contributed by atoms with E-state index in [2.05, 4.69) is 20.1 Å². The Labute approximate surface area is 109 Å². The molecule has 1 aromatic heterocycles. The zero-order chi connectivity index (χ0) is 12.2. The molecule has 0 spiro atoms. The van der Waals surface area contributed by atoms with Gasteiger partial charge in [-0.2, -0.15) is 0 Å². The van der Waals surface area contributed by atoms with Gasteiger partial charge < -0.3 is 9.88 Å². The molecule has 2 heterocycles. The van der Waals surface area contributed by atoms with Crippen LogP contribution >= 0.6 is 0 Å². The van der Waals surface area contributed by atoms with Crippen molar-refractivity contribution >= 4 is 0 Å². The molecule has 0 radical (unpaired) electrons. The minimum Gasteiger partial charge on any atom is -0.317 e. The van der Waals surface area contributed by atoms with Gasteiger partial charge in [0.25, 0.3) is 0 Å². The molecule has 1 unspecified atom stereocenters. The van der Waals surface area contributed by atoms with Crippen LogP contribution in [-0.2, 0) is 0 Å². The molecule has 1 saturated heterocycles. The third-order valence-electron chi connectivity index (χ3n) is 4.78. The predicted molar refractivity (Wildman–Crippen MR) is 71.2 cm³/mol. The minimum atomic E-state index is 0.641. The molecule has 1 aliphatic carbocycles. The molecule has 0 amide bonds. The van der Waals surface area contributed by atoms with Gasteiger partial charge in [-0.25, -0.2) is 0 Å². The second-order valence-electron chi connectivity index (χ2n) is 5.89. The van der Waals surface area contributed by atoms with Crippen molar-refractivity contribution in [2.45, 2.75) is 51.0 Å². The van der Waals surface area contributed by atoms with Gasteiger partial charge in [-0.1, -0.05) is 19.3 Å². The third kappa shape index (κ3) is 2.58. The van der Waals surface area contributed by atoms with Crippen molar-refractivity contribution in [1.29, 1.82) is 0 Å². The average molecular weight is 248 g/mol. The van der Waals surface area contributed by atoms with Crippen LogP contribution in [0.3, 0.4) is 0 Å². The number of aromatic nitrogens is 3. The number of hydrogen-bond donors (Lipinski definition) is 1. The third-order valence-corrected chi connectivity index (χ3v) is 4.78. The molecule has 1 N–H and O–H groups in total. The largest absolute Gasteiger partial charge is 0.317 e. The quantitative estimate of drug-likeness (QED) is 0.893. The first kappa shape index (κ1) is 12.2. The Kier molecular flexibility index (Phi) is 3.93. The minimum absolute atomic E-state index is 0.641. The Morgan fingerprint density at radius 3 is 2.17 bits per heavy atom. The molecule has 1 aliphatic heterocycles. The van der Waals surface area contributed by atoms with Crippen LogP contribution in [0, 0.1) is 11.8 Å². The topological polar surface area (TPSA) is 42.7 Å². The lowest BCUT2D eigenvalue weighted by atomic mass is 9.76. The lowest BCUT2D eigenvalue weighted by molar-refractivity contribution is 0.154. The first-order valence-corrected chi connectivity index (χ1v) is 7.50. The highest BCUT2D eigenvalue weighted by Gasteiger charge is 2.32. The summed E-state index contributed by atoms with van der Waals surface area (Å²) < 4.78 is 2.30. The van der Waals surface area contributed by atoms with Crippen LogP contribution in [0.4, 0.5) is 0 Å². The Bertz CT molecular complexity index is 319. The smallest absolute Gasteiger partial charge is 0.119 e. The molecule has 0 bridgehead atoms. The first-order chi connectivity index (χ1) is 8.95. The summed E-state index contributed by atoms with van der Waals surface area (Å²) in [7, 11) is 0. The SMILES string of the molecule is c1nncn1C(C1CCCCC1)C1CCNCC1. The maximum absolute atomic E-state index is 4.03. The molecular formula is C14H24N4. The van der Waals surface area contributed by atoms with Crippen LogP contribution in [0.1, 0.15) is 51.0 Å². The van der Waals surface area contributed by atoms with Crippen molar-refractivity contribution in [3.05, 3.63) is 12.7 Å². The summed E-state index contributed by atoms with van der Waals surface area (Å²) in [5.74, 6) is 1.66. The maximum Gasteiger partial charge on any atom is 0.119 e. The van der Waals surface area contributed by atoms with Crippen LogP contribution in [0.2, 0.25) is 0 Å². The average Bonchev–Trinajstić information content (AvgIpc) is 2.95. The van der Waals surface area contributed by atoms with E-state index < -0.39 is 0 Å². The molecule has 3 rings (SSSR count). The molecule has 1 saturated carbocycles. The number of rotatable bonds is 3. The maximum atomic E-state index is 4.03. The Morgan fingerprint density at radius 1 is 0.889 bits per heavy atom. The van der Waals surface area contributed by atoms with Crippen molar-refractivity contribution in [2.24, 2.45) is 11.8 Å². The first-order valence-electron chi connectivity index (χ1n) is 7.50. The fourth-order valence-corrected chi connectivity index (χ4v) is 3.90. The van der Waals surface area contributed by atoms with Crippen molar-refractivity contribution in [3.8, 4) is 0 Å². The normalized spacial score (nSPS) is 25.1. The van der Waals surface area contributed by atoms with E-state index in [1.165, 1.54) is 58.0 Å². The fourth-order valence-electron chi connectivity index (χ4n) is 3.90. The fraction of sp³-hybridized carbons (Fsp3) is 0.857. The molecular weight excluding hydrogens is 224 g/mol. The zero-order valence-corrected chi connectivity index (χ0v) is 11.1. The second-order valence-corrected chi connectivity index (χ2v) is 5.89. The van der Waals surface area contributed by atoms with Crippen LogP contribution in [0.15, 0.2) is 12.7 Å². The molecule has 100 valence electrons. The Morgan fingerprint density at radius 2 is 1.50 bits per heavy atom. The molecule has 2 aliphatic rings. The monoisotopic (exact) mass is 248 g/mol. The number of hydrogen-bond acceptors (Lipinski definition) is 3. The summed E-state index contributed by atoms with van der Waals surface area (Å²) in [5.41, 5.74) is 0. The zero-order valence-electron chi connectivity index (χ0n) is 11.1. The standard InChI is InChI=1S/C14H24N4/c1-2-4-12(5-3-1)14(18-10-16-17-11-18)13-6-8-15-9-7-13/h10-15H,1-9H2. The lowest BCUT2D eigenvalue weighted by Crippen LogP contribution is -2.36. The van der Waals surface area contributed by atoms with Gasteiger partial charge in [0.2, 0.25) is 0 Å². The molecule has 1 aromatic rings. The molecule has 0 aromatic carbocycles. The van der Waals surface area contributed by atoms with E-state index >= 15 is 0 Å². The van der Waals surface area contributed by atoms with E-state index in [1.807, 2.05) is 12.7 Å². The highest BCUT2D eigenvalue weighted by molar-refractivity contribution is 4.88. The van der Waals surface area contributed by atoms with Gasteiger partial charge in [0.1, 0.15) is 12.7 Å². The van der Waals surface area contributed by atoms with Crippen molar-refractivity contribution in [2.75, 3.05) is 13.1 Å². The van der Waals surface area contributed by atoms with Gasteiger partial charge in [0, 0.05) is 6.04 Å². The molecule has 4 nitrogen and oxygen atoms in total. The lowest BCUT2D eigenvalue weighted by Gasteiger charge is -2.38. The van der Waals surface area contributed by atoms with Gasteiger partial charge >= 0.3 is 0 Å². The predicted octanol–water partition coefficient (Wildman–Crippen LogP) is 2.40. The van der Waals surface area contributed by atoms with Crippen molar-refractivity contribution < 1.29 is 0 Å². The number of nitrogens with zero attached hydrogens (tertiary/aromatic N) is 3. The van der Waals surface area contributed by atoms with Crippen LogP contribution in [0.25, 0.3) is 0 Å². The number of nitrogens with one attached hydrogen (secondary N) is 1. The summed E-state index contributed by atoms with van der Waals surface area (Å²) >= 11 is 0.